The maximum atomic E-state index is 6.07. The summed E-state index contributed by atoms with van der Waals surface area (Å²) in [6.45, 7) is 4.08. The molecule has 0 saturated carbocycles. The molecule has 21 heavy (non-hydrogen) atoms. The van der Waals surface area contributed by atoms with Crippen molar-refractivity contribution in [3.63, 3.8) is 0 Å². The first-order valence-corrected chi connectivity index (χ1v) is 7.93. The molecule has 0 radical (unpaired) electrons. The van der Waals surface area contributed by atoms with E-state index in [0.29, 0.717) is 0 Å². The number of halogens is 1. The molecular weight excluding hydrogens is 300 g/mol. The normalized spacial score (nSPS) is 10.6. The maximum absolute atomic E-state index is 6.07. The van der Waals surface area contributed by atoms with E-state index >= 15 is 0 Å². The molecule has 0 aliphatic heterocycles. The van der Waals surface area contributed by atoms with Crippen molar-refractivity contribution in [2.45, 2.75) is 13.8 Å². The van der Waals surface area contributed by atoms with Crippen LogP contribution in [-0.2, 0) is 0 Å². The Hall–Kier alpha value is -1.84. The first-order chi connectivity index (χ1) is 10.1. The summed E-state index contributed by atoms with van der Waals surface area (Å²) in [5.41, 5.74) is 5.41. The average molecular weight is 315 g/mol. The highest BCUT2D eigenvalue weighted by atomic mass is 35.5. The van der Waals surface area contributed by atoms with Gasteiger partial charge in [0.2, 0.25) is 0 Å². The van der Waals surface area contributed by atoms with E-state index < -0.39 is 0 Å². The van der Waals surface area contributed by atoms with Crippen molar-refractivity contribution in [2.75, 3.05) is 5.32 Å². The highest BCUT2D eigenvalue weighted by Crippen LogP contribution is 2.29. The van der Waals surface area contributed by atoms with Crippen molar-refractivity contribution in [1.82, 2.24) is 4.98 Å². The van der Waals surface area contributed by atoms with E-state index in [1.54, 1.807) is 11.3 Å². The minimum Gasteiger partial charge on any atom is -0.332 e. The van der Waals surface area contributed by atoms with Crippen LogP contribution in [-0.4, -0.2) is 4.98 Å². The third-order valence-corrected chi connectivity index (χ3v) is 4.41. The molecule has 3 aromatic rings. The molecule has 0 fully saturated rings. The highest BCUT2D eigenvalue weighted by Gasteiger charge is 2.06. The fourth-order valence-corrected chi connectivity index (χ4v) is 2.97. The minimum atomic E-state index is 0.784. The van der Waals surface area contributed by atoms with Crippen molar-refractivity contribution < 1.29 is 0 Å². The van der Waals surface area contributed by atoms with Crippen molar-refractivity contribution in [2.24, 2.45) is 0 Å². The van der Waals surface area contributed by atoms with E-state index in [-0.39, 0.29) is 0 Å². The second kappa shape index (κ2) is 5.88. The number of nitrogens with zero attached hydrogens (tertiary/aromatic N) is 1. The Labute approximate surface area is 133 Å². The average Bonchev–Trinajstić information content (AvgIpc) is 2.90. The number of hydrogen-bond donors (Lipinski definition) is 1. The Morgan fingerprint density at radius 3 is 2.71 bits per heavy atom. The molecule has 106 valence electrons. The number of rotatable bonds is 3. The van der Waals surface area contributed by atoms with Crippen LogP contribution in [0.3, 0.4) is 0 Å². The number of hydrogen-bond acceptors (Lipinski definition) is 3. The van der Waals surface area contributed by atoms with Gasteiger partial charge in [-0.2, -0.15) is 0 Å². The molecule has 0 aliphatic carbocycles. The standard InChI is InChI=1S/C17H15ClN2S/c1-11-4-3-5-14(8-11)19-17-20-16(10-21-17)13-6-7-15(18)12(2)9-13/h3-10H,1-2H3,(H,19,20). The summed E-state index contributed by atoms with van der Waals surface area (Å²) in [6, 6.07) is 14.2. The Kier molecular flexibility index (Phi) is 3.95. The van der Waals surface area contributed by atoms with E-state index in [4.69, 9.17) is 11.6 Å². The van der Waals surface area contributed by atoms with Crippen LogP contribution < -0.4 is 5.32 Å². The fourth-order valence-electron chi connectivity index (χ4n) is 2.11. The van der Waals surface area contributed by atoms with Crippen LogP contribution in [0.2, 0.25) is 5.02 Å². The second-order valence-electron chi connectivity index (χ2n) is 5.00. The predicted octanol–water partition coefficient (Wildman–Crippen LogP) is 5.82. The quantitative estimate of drug-likeness (QED) is 0.658. The van der Waals surface area contributed by atoms with Crippen LogP contribution in [0.1, 0.15) is 11.1 Å². The van der Waals surface area contributed by atoms with Gasteiger partial charge in [-0.1, -0.05) is 29.8 Å². The number of aromatic nitrogens is 1. The second-order valence-corrected chi connectivity index (χ2v) is 6.26. The SMILES string of the molecule is Cc1cccc(Nc2nc(-c3ccc(Cl)c(C)c3)cs2)c1. The van der Waals surface area contributed by atoms with Crippen molar-refractivity contribution in [1.29, 1.82) is 0 Å². The van der Waals surface area contributed by atoms with Gasteiger partial charge in [0, 0.05) is 21.7 Å². The van der Waals surface area contributed by atoms with Gasteiger partial charge in [-0.05, 0) is 49.2 Å². The number of anilines is 2. The lowest BCUT2D eigenvalue weighted by Gasteiger charge is -2.03. The Balaban J connectivity index is 1.84. The van der Waals surface area contributed by atoms with Crippen LogP contribution in [0.4, 0.5) is 10.8 Å². The zero-order chi connectivity index (χ0) is 14.8. The van der Waals surface area contributed by atoms with Crippen molar-refractivity contribution in [3.05, 3.63) is 64.0 Å². The number of nitrogens with one attached hydrogen (secondary N) is 1. The first-order valence-electron chi connectivity index (χ1n) is 6.67. The molecule has 1 heterocycles. The molecule has 0 saturated heterocycles. The molecule has 1 aromatic heterocycles. The molecule has 4 heteroatoms. The van der Waals surface area contributed by atoms with E-state index in [1.807, 2.05) is 31.2 Å². The van der Waals surface area contributed by atoms with Crippen molar-refractivity contribution >= 4 is 33.8 Å². The summed E-state index contributed by atoms with van der Waals surface area (Å²) in [4.78, 5) is 4.64. The van der Waals surface area contributed by atoms with Crippen LogP contribution in [0.25, 0.3) is 11.3 Å². The van der Waals surface area contributed by atoms with Gasteiger partial charge in [-0.3, -0.25) is 0 Å². The zero-order valence-electron chi connectivity index (χ0n) is 11.9. The molecule has 0 amide bonds. The zero-order valence-corrected chi connectivity index (χ0v) is 13.4. The molecule has 0 atom stereocenters. The number of aryl methyl sites for hydroxylation is 2. The van der Waals surface area contributed by atoms with Crippen molar-refractivity contribution in [3.8, 4) is 11.3 Å². The van der Waals surface area contributed by atoms with E-state index in [1.165, 1.54) is 5.56 Å². The van der Waals surface area contributed by atoms with E-state index in [9.17, 15) is 0 Å². The summed E-state index contributed by atoms with van der Waals surface area (Å²) >= 11 is 7.67. The smallest absolute Gasteiger partial charge is 0.187 e. The Morgan fingerprint density at radius 1 is 1.10 bits per heavy atom. The van der Waals surface area contributed by atoms with Crippen LogP contribution in [0.15, 0.2) is 47.8 Å². The van der Waals surface area contributed by atoms with E-state index in [0.717, 1.165) is 32.7 Å². The Morgan fingerprint density at radius 2 is 1.95 bits per heavy atom. The van der Waals surface area contributed by atoms with Gasteiger partial charge in [0.25, 0.3) is 0 Å². The fraction of sp³-hybridized carbons (Fsp3) is 0.118. The van der Waals surface area contributed by atoms with E-state index in [2.05, 4.69) is 40.8 Å². The molecule has 0 spiro atoms. The van der Waals surface area contributed by atoms with Gasteiger partial charge in [0.1, 0.15) is 0 Å². The first kappa shape index (κ1) is 14.1. The molecule has 3 rings (SSSR count). The maximum Gasteiger partial charge on any atom is 0.187 e. The molecule has 1 N–H and O–H groups in total. The van der Waals surface area contributed by atoms with Gasteiger partial charge in [0.15, 0.2) is 5.13 Å². The summed E-state index contributed by atoms with van der Waals surface area (Å²) in [6.07, 6.45) is 0. The van der Waals surface area contributed by atoms with Gasteiger partial charge >= 0.3 is 0 Å². The van der Waals surface area contributed by atoms with Crippen LogP contribution >= 0.6 is 22.9 Å². The molecular formula is C17H15ClN2S. The summed E-state index contributed by atoms with van der Waals surface area (Å²) < 4.78 is 0. The summed E-state index contributed by atoms with van der Waals surface area (Å²) in [5, 5.41) is 7.07. The highest BCUT2D eigenvalue weighted by molar-refractivity contribution is 7.14. The Bertz CT molecular complexity index is 780. The predicted molar refractivity (Wildman–Crippen MR) is 91.8 cm³/mol. The van der Waals surface area contributed by atoms with Gasteiger partial charge < -0.3 is 5.32 Å². The lowest BCUT2D eigenvalue weighted by atomic mass is 10.1. The van der Waals surface area contributed by atoms with Gasteiger partial charge in [-0.25, -0.2) is 4.98 Å². The van der Waals surface area contributed by atoms with Crippen LogP contribution in [0.5, 0.6) is 0 Å². The molecule has 2 aromatic carbocycles. The van der Waals surface area contributed by atoms with Gasteiger partial charge in [-0.15, -0.1) is 11.3 Å². The molecule has 0 unspecified atom stereocenters. The third-order valence-electron chi connectivity index (χ3n) is 3.23. The summed E-state index contributed by atoms with van der Waals surface area (Å²) in [7, 11) is 0. The lowest BCUT2D eigenvalue weighted by Crippen LogP contribution is -1.90. The lowest BCUT2D eigenvalue weighted by molar-refractivity contribution is 1.36. The van der Waals surface area contributed by atoms with Crippen LogP contribution in [0, 0.1) is 13.8 Å². The largest absolute Gasteiger partial charge is 0.332 e. The van der Waals surface area contributed by atoms with Gasteiger partial charge in [0.05, 0.1) is 5.69 Å². The molecule has 0 bridgehead atoms. The summed E-state index contributed by atoms with van der Waals surface area (Å²) in [5.74, 6) is 0. The topological polar surface area (TPSA) is 24.9 Å². The minimum absolute atomic E-state index is 0.784. The molecule has 2 nitrogen and oxygen atoms in total. The third kappa shape index (κ3) is 3.26. The number of thiazole rings is 1. The number of benzene rings is 2. The molecule has 0 aliphatic rings. The monoisotopic (exact) mass is 314 g/mol.